The first-order chi connectivity index (χ1) is 4.68. The van der Waals surface area contributed by atoms with E-state index in [1.807, 2.05) is 19.0 Å². The fourth-order valence-corrected chi connectivity index (χ4v) is 0.274. The predicted molar refractivity (Wildman–Crippen MR) is 42.9 cm³/mol. The van der Waals surface area contributed by atoms with Gasteiger partial charge in [-0.25, -0.2) is 5.26 Å². The van der Waals surface area contributed by atoms with E-state index in [4.69, 9.17) is 10.5 Å². The lowest BCUT2D eigenvalue weighted by atomic mass is 10.2. The van der Waals surface area contributed by atoms with Gasteiger partial charge in [0.15, 0.2) is 0 Å². The van der Waals surface area contributed by atoms with Crippen molar-refractivity contribution in [3.63, 3.8) is 0 Å². The van der Waals surface area contributed by atoms with Gasteiger partial charge in [0.25, 0.3) is 0 Å². The van der Waals surface area contributed by atoms with E-state index in [1.54, 1.807) is 5.97 Å². The van der Waals surface area contributed by atoms with Crippen LogP contribution in [-0.2, 0) is 0 Å². The highest BCUT2D eigenvalue weighted by molar-refractivity contribution is 6.20. The molecule has 0 rings (SSSR count). The number of hydrogen-bond acceptors (Lipinski definition) is 3. The summed E-state index contributed by atoms with van der Waals surface area (Å²) in [6.45, 7) is 0.872. The first kappa shape index (κ1) is 11.8. The molecular formula is C6H12BN3. The lowest BCUT2D eigenvalue weighted by Gasteiger charge is -2.02. The van der Waals surface area contributed by atoms with E-state index in [-0.39, 0.29) is 0 Å². The molecule has 0 aliphatic heterocycles. The Bertz CT molecular complexity index is 131. The van der Waals surface area contributed by atoms with Crippen LogP contribution in [-0.4, -0.2) is 33.4 Å². The topological polar surface area (TPSA) is 50.8 Å². The molecule has 0 aromatic carbocycles. The summed E-state index contributed by atoms with van der Waals surface area (Å²) in [5.41, 5.74) is 0. The fourth-order valence-electron chi connectivity index (χ4n) is 0.274. The first-order valence-corrected chi connectivity index (χ1v) is 3.01. The zero-order valence-corrected chi connectivity index (χ0v) is 6.76. The maximum atomic E-state index is 8.04. The summed E-state index contributed by atoms with van der Waals surface area (Å²) >= 11 is 0. The number of hydrogen-bond donors (Lipinski definition) is 0. The Morgan fingerprint density at radius 1 is 1.40 bits per heavy atom. The van der Waals surface area contributed by atoms with Crippen LogP contribution in [0.5, 0.6) is 0 Å². The lowest BCUT2D eigenvalue weighted by molar-refractivity contribution is 0.419. The molecule has 0 amide bonds. The summed E-state index contributed by atoms with van der Waals surface area (Å²) in [6.07, 6.45) is 0.632. The highest BCUT2D eigenvalue weighted by atomic mass is 15.0. The largest absolute Gasteiger partial charge is 0.308 e. The second kappa shape index (κ2) is 10.9. The summed E-state index contributed by atoms with van der Waals surface area (Å²) in [5.74, 6) is 1.75. The zero-order chi connectivity index (χ0) is 8.41. The van der Waals surface area contributed by atoms with Crippen molar-refractivity contribution in [2.75, 3.05) is 20.6 Å². The number of nitrogens with zero attached hydrogens (tertiary/aromatic N) is 3. The third-order valence-corrected chi connectivity index (χ3v) is 0.671. The normalized spacial score (nSPS) is 6.90. The van der Waals surface area contributed by atoms with Gasteiger partial charge in [-0.1, -0.05) is 0 Å². The molecule has 0 unspecified atom stereocenters. The van der Waals surface area contributed by atoms with Crippen LogP contribution in [0.4, 0.5) is 0 Å². The van der Waals surface area contributed by atoms with E-state index in [0.717, 1.165) is 6.54 Å². The van der Waals surface area contributed by atoms with Crippen LogP contribution in [0.2, 0.25) is 0 Å². The minimum absolute atomic E-state index is 0.632. The second-order valence-electron chi connectivity index (χ2n) is 1.93. The quantitative estimate of drug-likeness (QED) is 0.485. The van der Waals surface area contributed by atoms with Gasteiger partial charge in [0, 0.05) is 13.0 Å². The van der Waals surface area contributed by atoms with E-state index < -0.39 is 0 Å². The van der Waals surface area contributed by atoms with Crippen molar-refractivity contribution in [3.8, 4) is 12.0 Å². The van der Waals surface area contributed by atoms with Crippen LogP contribution in [0.15, 0.2) is 0 Å². The van der Waals surface area contributed by atoms with E-state index in [9.17, 15) is 0 Å². The Kier molecular flexibility index (Phi) is 12.8. The zero-order valence-electron chi connectivity index (χ0n) is 6.76. The second-order valence-corrected chi connectivity index (χ2v) is 1.93. The highest BCUT2D eigenvalue weighted by Gasteiger charge is 1.83. The summed E-state index contributed by atoms with van der Waals surface area (Å²) in [6, 6.07) is 2.06. The Morgan fingerprint density at radius 3 is 1.90 bits per heavy atom. The molecule has 0 radical (unpaired) electrons. The van der Waals surface area contributed by atoms with Crippen LogP contribution < -0.4 is 0 Å². The molecule has 0 saturated heterocycles. The van der Waals surface area contributed by atoms with Gasteiger partial charge in [-0.3, -0.25) is 0 Å². The van der Waals surface area contributed by atoms with Gasteiger partial charge >= 0.3 is 0 Å². The SMILES string of the molecule is BC#N.CN(C)CCC#N. The van der Waals surface area contributed by atoms with Crippen molar-refractivity contribution in [2.45, 2.75) is 6.42 Å². The fraction of sp³-hybridized carbons (Fsp3) is 0.667. The molecule has 4 heteroatoms. The van der Waals surface area contributed by atoms with Crippen molar-refractivity contribution in [3.05, 3.63) is 0 Å². The Labute approximate surface area is 63.3 Å². The van der Waals surface area contributed by atoms with Gasteiger partial charge in [0.2, 0.25) is 7.85 Å². The molecule has 54 valence electrons. The van der Waals surface area contributed by atoms with Crippen molar-refractivity contribution in [1.29, 1.82) is 10.5 Å². The number of rotatable bonds is 2. The lowest BCUT2D eigenvalue weighted by Crippen LogP contribution is -2.11. The molecule has 0 atom stereocenters. The van der Waals surface area contributed by atoms with Gasteiger partial charge in [0.1, 0.15) is 0 Å². The van der Waals surface area contributed by atoms with E-state index in [1.165, 1.54) is 7.85 Å². The summed E-state index contributed by atoms with van der Waals surface area (Å²) in [5, 5.41) is 15.4. The third kappa shape index (κ3) is 28.0. The van der Waals surface area contributed by atoms with E-state index in [0.29, 0.717) is 6.42 Å². The molecule has 0 saturated carbocycles. The van der Waals surface area contributed by atoms with Crippen molar-refractivity contribution >= 4 is 7.85 Å². The highest BCUT2D eigenvalue weighted by Crippen LogP contribution is 1.76. The van der Waals surface area contributed by atoms with E-state index in [2.05, 4.69) is 6.07 Å². The molecule has 3 nitrogen and oxygen atoms in total. The average Bonchev–Trinajstić information content (AvgIpc) is 1.85. The van der Waals surface area contributed by atoms with Crippen molar-refractivity contribution < 1.29 is 0 Å². The maximum absolute atomic E-state index is 8.04. The Morgan fingerprint density at radius 2 is 1.80 bits per heavy atom. The van der Waals surface area contributed by atoms with Crippen LogP contribution in [0.1, 0.15) is 6.42 Å². The molecule has 0 aromatic heterocycles. The predicted octanol–water partition coefficient (Wildman–Crippen LogP) is -0.438. The van der Waals surface area contributed by atoms with Gasteiger partial charge < -0.3 is 4.90 Å². The third-order valence-electron chi connectivity index (χ3n) is 0.671. The van der Waals surface area contributed by atoms with Gasteiger partial charge in [0.05, 0.1) is 6.07 Å². The Balaban J connectivity index is 0. The van der Waals surface area contributed by atoms with Crippen LogP contribution >= 0.6 is 0 Å². The summed E-state index contributed by atoms with van der Waals surface area (Å²) < 4.78 is 0. The van der Waals surface area contributed by atoms with Crippen LogP contribution in [0.3, 0.4) is 0 Å². The molecule has 0 aromatic rings. The summed E-state index contributed by atoms with van der Waals surface area (Å²) in [7, 11) is 5.34. The van der Waals surface area contributed by atoms with Gasteiger partial charge in [-0.2, -0.15) is 5.26 Å². The molecule has 0 aliphatic carbocycles. The molecule has 0 heterocycles. The minimum Gasteiger partial charge on any atom is -0.308 e. The minimum atomic E-state index is 0.632. The average molecular weight is 137 g/mol. The maximum Gasteiger partial charge on any atom is 0.232 e. The molecule has 0 N–H and O–H groups in total. The first-order valence-electron chi connectivity index (χ1n) is 3.01. The van der Waals surface area contributed by atoms with Crippen molar-refractivity contribution in [2.24, 2.45) is 0 Å². The van der Waals surface area contributed by atoms with Crippen LogP contribution in [0, 0.1) is 22.6 Å². The summed E-state index contributed by atoms with van der Waals surface area (Å²) in [4.78, 5) is 1.99. The molecular weight excluding hydrogens is 125 g/mol. The monoisotopic (exact) mass is 137 g/mol. The Hall–Kier alpha value is -0.995. The van der Waals surface area contributed by atoms with Crippen molar-refractivity contribution in [1.82, 2.24) is 4.90 Å². The van der Waals surface area contributed by atoms with Crippen LogP contribution in [0.25, 0.3) is 0 Å². The van der Waals surface area contributed by atoms with E-state index >= 15 is 0 Å². The number of nitriles is 2. The van der Waals surface area contributed by atoms with Gasteiger partial charge in [-0.05, 0) is 20.1 Å². The molecule has 0 aliphatic rings. The molecule has 0 fully saturated rings. The standard InChI is InChI=1S/C5H10N2.CH2BN/c1-7(2)5-3-4-6;2-1-3/h3,5H2,1-2H3;2H2. The smallest absolute Gasteiger partial charge is 0.232 e. The molecule has 0 bridgehead atoms. The van der Waals surface area contributed by atoms with Gasteiger partial charge in [-0.15, -0.1) is 0 Å². The molecule has 0 spiro atoms. The molecule has 10 heavy (non-hydrogen) atoms.